The second-order valence-corrected chi connectivity index (χ2v) is 13.1. The molecule has 49 heavy (non-hydrogen) atoms. The third-order valence-electron chi connectivity index (χ3n) is 10.5. The number of methoxy groups -OCH3 is 4. The Labute approximate surface area is 286 Å². The molecule has 5 heterocycles. The van der Waals surface area contributed by atoms with E-state index >= 15 is 0 Å². The summed E-state index contributed by atoms with van der Waals surface area (Å²) < 4.78 is 49.8. The molecule has 0 fully saturated rings. The van der Waals surface area contributed by atoms with Crippen LogP contribution in [0.5, 0.6) is 57.5 Å². The van der Waals surface area contributed by atoms with Gasteiger partial charge in [0.2, 0.25) is 24.0 Å². The Morgan fingerprint density at radius 1 is 0.612 bits per heavy atom. The predicted molar refractivity (Wildman–Crippen MR) is 184 cm³/mol. The highest BCUT2D eigenvalue weighted by atomic mass is 16.7. The smallest absolute Gasteiger partial charge is 0.231 e. The highest BCUT2D eigenvalue weighted by molar-refractivity contribution is 5.72. The largest absolute Gasteiger partial charge is 0.493 e. The summed E-state index contributed by atoms with van der Waals surface area (Å²) in [7, 11) is 11.0. The minimum atomic E-state index is -0.0455. The molecule has 10 heteroatoms. The SMILES string of the molecule is COc1ccc2cc1Oc1ccc(cc1)C[C@H]1c3c(c(OC)c4c(c3Oc3c5c(cc(OC)c3OC)[C@H](C2)N(C)CC5)OCO4)CCN1C. The van der Waals surface area contributed by atoms with Gasteiger partial charge in [0.05, 0.1) is 28.4 Å². The fourth-order valence-corrected chi connectivity index (χ4v) is 7.90. The van der Waals surface area contributed by atoms with Gasteiger partial charge in [-0.25, -0.2) is 0 Å². The fraction of sp³-hybridized carbons (Fsp3) is 0.385. The van der Waals surface area contributed by atoms with Gasteiger partial charge in [-0.05, 0) is 86.8 Å². The van der Waals surface area contributed by atoms with Gasteiger partial charge in [0, 0.05) is 41.9 Å². The molecule has 0 radical (unpaired) electrons. The van der Waals surface area contributed by atoms with E-state index in [1.807, 2.05) is 18.2 Å². The number of likely N-dealkylation sites (N-methyl/N-ethyl adjacent to an activating group) is 2. The third-order valence-corrected chi connectivity index (χ3v) is 10.5. The normalized spacial score (nSPS) is 19.6. The molecule has 5 aliphatic rings. The van der Waals surface area contributed by atoms with Crippen LogP contribution in [0.2, 0.25) is 0 Å². The van der Waals surface area contributed by atoms with Crippen LogP contribution in [0.3, 0.4) is 0 Å². The highest BCUT2D eigenvalue weighted by Crippen LogP contribution is 2.59. The molecule has 0 aliphatic carbocycles. The molecule has 0 unspecified atom stereocenters. The van der Waals surface area contributed by atoms with Crippen molar-refractivity contribution in [2.45, 2.75) is 37.8 Å². The van der Waals surface area contributed by atoms with Gasteiger partial charge in [-0.1, -0.05) is 18.2 Å². The van der Waals surface area contributed by atoms with Crippen LogP contribution in [0.15, 0.2) is 48.5 Å². The van der Waals surface area contributed by atoms with Crippen LogP contribution in [0.25, 0.3) is 0 Å². The topological polar surface area (TPSA) is 80.3 Å². The monoisotopic (exact) mass is 666 g/mol. The van der Waals surface area contributed by atoms with E-state index in [-0.39, 0.29) is 18.9 Å². The van der Waals surface area contributed by atoms with Gasteiger partial charge in [0.25, 0.3) is 0 Å². The molecule has 256 valence electrons. The van der Waals surface area contributed by atoms with Crippen LogP contribution in [0, 0.1) is 0 Å². The Morgan fingerprint density at radius 3 is 2.02 bits per heavy atom. The lowest BCUT2D eigenvalue weighted by Crippen LogP contribution is -2.34. The minimum absolute atomic E-state index is 0.0271. The molecule has 9 rings (SSSR count). The van der Waals surface area contributed by atoms with Gasteiger partial charge < -0.3 is 37.9 Å². The van der Waals surface area contributed by atoms with Gasteiger partial charge in [0.15, 0.2) is 34.5 Å². The fourth-order valence-electron chi connectivity index (χ4n) is 7.90. The molecule has 5 aliphatic heterocycles. The molecule has 0 aromatic heterocycles. The van der Waals surface area contributed by atoms with E-state index < -0.39 is 0 Å². The van der Waals surface area contributed by atoms with E-state index in [0.29, 0.717) is 51.7 Å². The second kappa shape index (κ2) is 12.6. The first-order valence-electron chi connectivity index (χ1n) is 16.7. The van der Waals surface area contributed by atoms with Crippen LogP contribution >= 0.6 is 0 Å². The van der Waals surface area contributed by atoms with Gasteiger partial charge >= 0.3 is 0 Å². The molecule has 10 nitrogen and oxygen atoms in total. The molecule has 0 saturated heterocycles. The average Bonchev–Trinajstić information content (AvgIpc) is 3.60. The van der Waals surface area contributed by atoms with Crippen LogP contribution in [-0.2, 0) is 25.7 Å². The number of rotatable bonds is 4. The summed E-state index contributed by atoms with van der Waals surface area (Å²) >= 11 is 0. The number of ether oxygens (including phenoxy) is 8. The van der Waals surface area contributed by atoms with E-state index in [1.54, 1.807) is 28.4 Å². The van der Waals surface area contributed by atoms with Gasteiger partial charge in [-0.15, -0.1) is 0 Å². The lowest BCUT2D eigenvalue weighted by atomic mass is 9.86. The minimum Gasteiger partial charge on any atom is -0.493 e. The molecule has 0 saturated carbocycles. The van der Waals surface area contributed by atoms with Crippen molar-refractivity contribution in [1.29, 1.82) is 0 Å². The van der Waals surface area contributed by atoms with E-state index in [9.17, 15) is 0 Å². The van der Waals surface area contributed by atoms with E-state index in [4.69, 9.17) is 37.9 Å². The molecule has 4 aromatic carbocycles. The van der Waals surface area contributed by atoms with Gasteiger partial charge in [-0.2, -0.15) is 0 Å². The van der Waals surface area contributed by atoms with E-state index in [1.165, 1.54) is 0 Å². The molecule has 0 spiro atoms. The Bertz CT molecular complexity index is 1910. The van der Waals surface area contributed by atoms with E-state index in [0.717, 1.165) is 77.9 Å². The molecule has 2 atom stereocenters. The van der Waals surface area contributed by atoms with Crippen molar-refractivity contribution in [2.24, 2.45) is 0 Å². The molecule has 4 aromatic rings. The van der Waals surface area contributed by atoms with Crippen LogP contribution in [0.4, 0.5) is 0 Å². The first-order chi connectivity index (χ1) is 23.9. The Hall–Kier alpha value is -4.80. The van der Waals surface area contributed by atoms with Gasteiger partial charge in [-0.3, -0.25) is 9.80 Å². The number of benzene rings is 4. The lowest BCUT2D eigenvalue weighted by Gasteiger charge is -2.38. The Kier molecular flexibility index (Phi) is 8.08. The number of fused-ring (bicyclic) bond motifs is 3. The summed E-state index contributed by atoms with van der Waals surface area (Å²) in [6, 6.07) is 16.5. The Balaban J connectivity index is 1.40. The molecular formula is C39H42N2O8. The first kappa shape index (κ1) is 31.5. The standard InChI is InChI=1S/C39H42N2O8/c1-40-15-13-25-27-20-32(43-4)36(45-6)35(25)49-37-33-26(34(44-5)38-39(37)47-21-46-38)14-16-41(2)29(33)17-22-7-10-24(11-8-22)48-31-19-23(18-28(27)40)9-12-30(31)42-3/h7-12,19-20,28-29H,13-18,21H2,1-6H3/t28-,29-/m0/s1. The summed E-state index contributed by atoms with van der Waals surface area (Å²) in [5, 5.41) is 0. The first-order valence-corrected chi connectivity index (χ1v) is 16.7. The van der Waals surface area contributed by atoms with Crippen molar-refractivity contribution < 1.29 is 37.9 Å². The van der Waals surface area contributed by atoms with Crippen molar-refractivity contribution in [3.05, 3.63) is 81.9 Å². The number of hydrogen-bond acceptors (Lipinski definition) is 10. The predicted octanol–water partition coefficient (Wildman–Crippen LogP) is 6.89. The van der Waals surface area contributed by atoms with E-state index in [2.05, 4.69) is 54.2 Å². The summed E-state index contributed by atoms with van der Waals surface area (Å²) in [6.45, 7) is 1.76. The zero-order valence-electron chi connectivity index (χ0n) is 28.9. The van der Waals surface area contributed by atoms with Crippen LogP contribution in [-0.4, -0.2) is 72.2 Å². The van der Waals surface area contributed by atoms with Crippen molar-refractivity contribution >= 4 is 0 Å². The Morgan fingerprint density at radius 2 is 1.29 bits per heavy atom. The van der Waals surface area contributed by atoms with Crippen LogP contribution in [0.1, 0.15) is 45.5 Å². The summed E-state index contributed by atoms with van der Waals surface area (Å²) in [6.07, 6.45) is 2.99. The van der Waals surface area contributed by atoms with Crippen molar-refractivity contribution in [3.8, 4) is 57.5 Å². The van der Waals surface area contributed by atoms with Crippen molar-refractivity contribution in [3.63, 3.8) is 0 Å². The second-order valence-electron chi connectivity index (χ2n) is 13.1. The molecule has 0 amide bonds. The number of nitrogens with zero attached hydrogens (tertiary/aromatic N) is 2. The van der Waals surface area contributed by atoms with Gasteiger partial charge in [0.1, 0.15) is 5.75 Å². The summed E-state index contributed by atoms with van der Waals surface area (Å²) in [4.78, 5) is 4.76. The molecular weight excluding hydrogens is 624 g/mol. The lowest BCUT2D eigenvalue weighted by molar-refractivity contribution is 0.169. The average molecular weight is 667 g/mol. The molecule has 0 N–H and O–H groups in total. The maximum absolute atomic E-state index is 7.24. The number of hydrogen-bond donors (Lipinski definition) is 0. The maximum atomic E-state index is 7.24. The maximum Gasteiger partial charge on any atom is 0.231 e. The van der Waals surface area contributed by atoms with Crippen molar-refractivity contribution in [1.82, 2.24) is 9.80 Å². The third kappa shape index (κ3) is 5.25. The molecule has 8 bridgehead atoms. The zero-order chi connectivity index (χ0) is 33.8. The summed E-state index contributed by atoms with van der Waals surface area (Å²) in [5.41, 5.74) is 6.58. The highest BCUT2D eigenvalue weighted by Gasteiger charge is 2.40. The van der Waals surface area contributed by atoms with Crippen molar-refractivity contribution in [2.75, 3.05) is 62.4 Å². The van der Waals surface area contributed by atoms with Crippen LogP contribution < -0.4 is 37.9 Å². The quantitative estimate of drug-likeness (QED) is 0.230. The summed E-state index contributed by atoms with van der Waals surface area (Å²) in [5.74, 6) is 6.35. The zero-order valence-corrected chi connectivity index (χ0v) is 28.9.